The molecule has 0 amide bonds. The van der Waals surface area contributed by atoms with E-state index in [1.165, 1.54) is 7.11 Å². The van der Waals surface area contributed by atoms with Crippen LogP contribution in [0.5, 0.6) is 0 Å². The van der Waals surface area contributed by atoms with Gasteiger partial charge in [0.1, 0.15) is 0 Å². The van der Waals surface area contributed by atoms with Gasteiger partial charge in [-0.3, -0.25) is 0 Å². The Bertz CT molecular complexity index is 495. The normalized spacial score (nSPS) is 16.8. The summed E-state index contributed by atoms with van der Waals surface area (Å²) < 4.78 is 4.80. The number of nitrogens with zero attached hydrogens (tertiary/aromatic N) is 1. The number of hydrogen-bond donors (Lipinski definition) is 1. The van der Waals surface area contributed by atoms with Crippen molar-refractivity contribution < 1.29 is 9.53 Å². The summed E-state index contributed by atoms with van der Waals surface area (Å²) in [5.41, 5.74) is 2.73. The van der Waals surface area contributed by atoms with Crippen LogP contribution < -0.4 is 10.2 Å². The van der Waals surface area contributed by atoms with E-state index in [0.29, 0.717) is 11.6 Å². The molecule has 1 aliphatic rings. The number of nitrogens with one attached hydrogen (secondary N) is 1. The lowest BCUT2D eigenvalue weighted by molar-refractivity contribution is 0.0600. The Kier molecular flexibility index (Phi) is 3.43. The molecule has 4 heteroatoms. The first-order valence-corrected chi connectivity index (χ1v) is 6.62. The number of methoxy groups -OCH3 is 1. The third kappa shape index (κ3) is 2.39. The molecule has 0 fully saturated rings. The Balaban J connectivity index is 2.51. The summed E-state index contributed by atoms with van der Waals surface area (Å²) in [4.78, 5) is 14.0. The predicted octanol–water partition coefficient (Wildman–Crippen LogP) is 2.89. The molecule has 0 bridgehead atoms. The van der Waals surface area contributed by atoms with E-state index in [1.54, 1.807) is 6.07 Å². The van der Waals surface area contributed by atoms with Crippen molar-refractivity contribution in [3.63, 3.8) is 0 Å². The lowest BCUT2D eigenvalue weighted by Gasteiger charge is -2.48. The van der Waals surface area contributed by atoms with Crippen LogP contribution in [0.25, 0.3) is 0 Å². The first-order chi connectivity index (χ1) is 8.86. The van der Waals surface area contributed by atoms with Gasteiger partial charge < -0.3 is 15.0 Å². The molecule has 0 aliphatic carbocycles. The molecule has 1 N–H and O–H groups in total. The van der Waals surface area contributed by atoms with Gasteiger partial charge in [0, 0.05) is 12.6 Å². The maximum Gasteiger partial charge on any atom is 0.337 e. The molecule has 0 saturated carbocycles. The zero-order valence-electron chi connectivity index (χ0n) is 12.3. The van der Waals surface area contributed by atoms with Crippen molar-refractivity contribution >= 4 is 17.3 Å². The van der Waals surface area contributed by atoms with E-state index in [2.05, 4.69) is 37.9 Å². The number of ether oxygens (including phenoxy) is 1. The predicted molar refractivity (Wildman–Crippen MR) is 78.0 cm³/mol. The number of esters is 1. The fourth-order valence-electron chi connectivity index (χ4n) is 2.83. The molecule has 1 aliphatic heterocycles. The highest BCUT2D eigenvalue weighted by atomic mass is 16.5. The quantitative estimate of drug-likeness (QED) is 0.832. The molecular weight excluding hydrogens is 240 g/mol. The van der Waals surface area contributed by atoms with Crippen molar-refractivity contribution in [1.29, 1.82) is 0 Å². The summed E-state index contributed by atoms with van der Waals surface area (Å²) in [5, 5.41) is 3.43. The third-order valence-corrected chi connectivity index (χ3v) is 3.56. The minimum Gasteiger partial charge on any atom is -0.465 e. The number of fused-ring (bicyclic) bond motifs is 1. The first kappa shape index (κ1) is 13.7. The van der Waals surface area contributed by atoms with Crippen LogP contribution >= 0.6 is 0 Å². The van der Waals surface area contributed by atoms with Crippen molar-refractivity contribution in [2.24, 2.45) is 0 Å². The molecule has 0 aromatic heterocycles. The molecule has 2 rings (SSSR count). The average molecular weight is 262 g/mol. The SMILES string of the molecule is COC(=O)c1ccc2c(c1)N(C(C)C)C(C)(C)CN2. The Hall–Kier alpha value is -1.71. The van der Waals surface area contributed by atoms with Crippen LogP contribution in [0.15, 0.2) is 18.2 Å². The Morgan fingerprint density at radius 3 is 2.68 bits per heavy atom. The van der Waals surface area contributed by atoms with E-state index in [9.17, 15) is 4.79 Å². The summed E-state index contributed by atoms with van der Waals surface area (Å²) in [6.45, 7) is 9.63. The van der Waals surface area contributed by atoms with E-state index in [1.807, 2.05) is 12.1 Å². The van der Waals surface area contributed by atoms with E-state index in [0.717, 1.165) is 17.9 Å². The Labute approximate surface area is 114 Å². The van der Waals surface area contributed by atoms with Crippen molar-refractivity contribution in [2.75, 3.05) is 23.9 Å². The average Bonchev–Trinajstić information content (AvgIpc) is 2.35. The molecule has 1 aromatic rings. The van der Waals surface area contributed by atoms with E-state index in [4.69, 9.17) is 4.74 Å². The molecule has 1 aromatic carbocycles. The number of hydrogen-bond acceptors (Lipinski definition) is 4. The van der Waals surface area contributed by atoms with Crippen molar-refractivity contribution in [3.05, 3.63) is 23.8 Å². The van der Waals surface area contributed by atoms with Gasteiger partial charge in [-0.2, -0.15) is 0 Å². The lowest BCUT2D eigenvalue weighted by atomic mass is 9.95. The van der Waals surface area contributed by atoms with E-state index in [-0.39, 0.29) is 11.5 Å². The molecule has 1 heterocycles. The standard InChI is InChI=1S/C15H22N2O2/c1-10(2)17-13-8-11(14(18)19-5)6-7-12(13)16-9-15(17,3)4/h6-8,10,16H,9H2,1-5H3. The van der Waals surface area contributed by atoms with Crippen molar-refractivity contribution in [3.8, 4) is 0 Å². The smallest absolute Gasteiger partial charge is 0.337 e. The van der Waals surface area contributed by atoms with Crippen LogP contribution in [0.2, 0.25) is 0 Å². The first-order valence-electron chi connectivity index (χ1n) is 6.62. The largest absolute Gasteiger partial charge is 0.465 e. The zero-order valence-corrected chi connectivity index (χ0v) is 12.3. The molecule has 19 heavy (non-hydrogen) atoms. The number of rotatable bonds is 2. The molecule has 0 spiro atoms. The Morgan fingerprint density at radius 2 is 2.11 bits per heavy atom. The summed E-state index contributed by atoms with van der Waals surface area (Å²) in [6, 6.07) is 6.03. The summed E-state index contributed by atoms with van der Waals surface area (Å²) in [5.74, 6) is -0.296. The Morgan fingerprint density at radius 1 is 1.42 bits per heavy atom. The molecular formula is C15H22N2O2. The highest BCUT2D eigenvalue weighted by molar-refractivity contribution is 5.92. The fraction of sp³-hybridized carbons (Fsp3) is 0.533. The van der Waals surface area contributed by atoms with Gasteiger partial charge >= 0.3 is 5.97 Å². The topological polar surface area (TPSA) is 41.6 Å². The highest BCUT2D eigenvalue weighted by Gasteiger charge is 2.34. The van der Waals surface area contributed by atoms with Crippen LogP contribution in [-0.4, -0.2) is 31.2 Å². The van der Waals surface area contributed by atoms with Crippen LogP contribution in [0.4, 0.5) is 11.4 Å². The zero-order chi connectivity index (χ0) is 14.2. The second kappa shape index (κ2) is 4.76. The van der Waals surface area contributed by atoms with Crippen LogP contribution in [0.1, 0.15) is 38.1 Å². The van der Waals surface area contributed by atoms with Gasteiger partial charge in [-0.15, -0.1) is 0 Å². The number of carbonyl (C=O) groups is 1. The second-order valence-corrected chi connectivity index (χ2v) is 5.85. The van der Waals surface area contributed by atoms with Gasteiger partial charge in [-0.25, -0.2) is 4.79 Å². The monoisotopic (exact) mass is 262 g/mol. The second-order valence-electron chi connectivity index (χ2n) is 5.85. The van der Waals surface area contributed by atoms with Gasteiger partial charge in [-0.05, 0) is 45.9 Å². The number of benzene rings is 1. The molecule has 0 saturated heterocycles. The number of anilines is 2. The minimum atomic E-state index is -0.296. The van der Waals surface area contributed by atoms with Gasteiger partial charge in [0.25, 0.3) is 0 Å². The van der Waals surface area contributed by atoms with Gasteiger partial charge in [0.05, 0.1) is 29.6 Å². The maximum atomic E-state index is 11.7. The van der Waals surface area contributed by atoms with Crippen LogP contribution in [0.3, 0.4) is 0 Å². The molecule has 0 unspecified atom stereocenters. The van der Waals surface area contributed by atoms with E-state index < -0.39 is 0 Å². The minimum absolute atomic E-state index is 0.00983. The molecule has 0 atom stereocenters. The number of carbonyl (C=O) groups excluding carboxylic acids is 1. The van der Waals surface area contributed by atoms with Crippen LogP contribution in [-0.2, 0) is 4.74 Å². The van der Waals surface area contributed by atoms with Gasteiger partial charge in [0.15, 0.2) is 0 Å². The van der Waals surface area contributed by atoms with Gasteiger partial charge in [0.2, 0.25) is 0 Å². The molecule has 4 nitrogen and oxygen atoms in total. The molecule has 0 radical (unpaired) electrons. The molecule has 104 valence electrons. The third-order valence-electron chi connectivity index (χ3n) is 3.56. The van der Waals surface area contributed by atoms with E-state index >= 15 is 0 Å². The van der Waals surface area contributed by atoms with Crippen molar-refractivity contribution in [1.82, 2.24) is 0 Å². The van der Waals surface area contributed by atoms with Crippen molar-refractivity contribution in [2.45, 2.75) is 39.3 Å². The lowest BCUT2D eigenvalue weighted by Crippen LogP contribution is -2.55. The summed E-state index contributed by atoms with van der Waals surface area (Å²) in [7, 11) is 1.41. The summed E-state index contributed by atoms with van der Waals surface area (Å²) >= 11 is 0. The highest BCUT2D eigenvalue weighted by Crippen LogP contribution is 2.38. The van der Waals surface area contributed by atoms with Gasteiger partial charge in [-0.1, -0.05) is 0 Å². The summed E-state index contributed by atoms with van der Waals surface area (Å²) in [6.07, 6.45) is 0. The maximum absolute atomic E-state index is 11.7. The van der Waals surface area contributed by atoms with Crippen LogP contribution in [0, 0.1) is 0 Å². The fourth-order valence-corrected chi connectivity index (χ4v) is 2.83.